The van der Waals surface area contributed by atoms with Gasteiger partial charge in [-0.1, -0.05) is 11.8 Å². The van der Waals surface area contributed by atoms with Crippen molar-refractivity contribution in [3.63, 3.8) is 0 Å². The van der Waals surface area contributed by atoms with Gasteiger partial charge in [-0.05, 0) is 24.5 Å². The van der Waals surface area contributed by atoms with Gasteiger partial charge in [0.25, 0.3) is 0 Å². The molecule has 17 heavy (non-hydrogen) atoms. The second-order valence-electron chi connectivity index (χ2n) is 3.21. The molecule has 0 aliphatic heterocycles. The van der Waals surface area contributed by atoms with Crippen LogP contribution >= 0.6 is 11.8 Å². The van der Waals surface area contributed by atoms with Gasteiger partial charge in [0, 0.05) is 5.56 Å². The fraction of sp³-hybridized carbons (Fsp3) is 0.182. The van der Waals surface area contributed by atoms with Crippen molar-refractivity contribution in [1.82, 2.24) is 15.2 Å². The molecule has 0 fully saturated rings. The lowest BCUT2D eigenvalue weighted by Gasteiger charge is -2.06. The molecule has 0 bridgehead atoms. The van der Waals surface area contributed by atoms with E-state index in [2.05, 4.69) is 15.2 Å². The molecule has 2 aromatic rings. The second-order valence-corrected chi connectivity index (χ2v) is 3.99. The number of hydrogen-bond acceptors (Lipinski definition) is 6. The molecule has 0 aliphatic rings. The van der Waals surface area contributed by atoms with Crippen molar-refractivity contribution in [2.24, 2.45) is 0 Å². The van der Waals surface area contributed by atoms with Gasteiger partial charge in [-0.15, -0.1) is 5.10 Å². The summed E-state index contributed by atoms with van der Waals surface area (Å²) in [5.41, 5.74) is 1.52. The monoisotopic (exact) mass is 249 g/mol. The quantitative estimate of drug-likeness (QED) is 0.839. The Morgan fingerprint density at radius 2 is 2.18 bits per heavy atom. The van der Waals surface area contributed by atoms with Gasteiger partial charge in [-0.25, -0.2) is 4.98 Å². The molecule has 0 atom stereocenters. The first-order valence-electron chi connectivity index (χ1n) is 4.85. The maximum absolute atomic E-state index is 9.51. The molecule has 2 rings (SSSR count). The first-order valence-corrected chi connectivity index (χ1v) is 6.08. The van der Waals surface area contributed by atoms with Crippen LogP contribution in [-0.4, -0.2) is 33.7 Å². The Balaban J connectivity index is 2.45. The molecule has 1 aromatic heterocycles. The normalized spacial score (nSPS) is 10.2. The molecule has 1 heterocycles. The number of rotatable bonds is 3. The number of aromatic hydroxyl groups is 1. The van der Waals surface area contributed by atoms with Crippen LogP contribution in [-0.2, 0) is 0 Å². The summed E-state index contributed by atoms with van der Waals surface area (Å²) in [4.78, 5) is 4.32. The van der Waals surface area contributed by atoms with Crippen molar-refractivity contribution < 1.29 is 9.84 Å². The zero-order valence-corrected chi connectivity index (χ0v) is 10.2. The minimum atomic E-state index is 0.100. The van der Waals surface area contributed by atoms with E-state index in [9.17, 15) is 5.11 Å². The van der Waals surface area contributed by atoms with Crippen LogP contribution in [0.1, 0.15) is 0 Å². The first-order chi connectivity index (χ1) is 8.24. The summed E-state index contributed by atoms with van der Waals surface area (Å²) in [7, 11) is 1.50. The number of ether oxygens (including phenoxy) is 1. The number of benzene rings is 1. The molecule has 0 saturated heterocycles. The predicted molar refractivity (Wildman–Crippen MR) is 65.3 cm³/mol. The SMILES string of the molecule is COc1cc(-c2cnnc(SC)n2)ccc1O. The van der Waals surface area contributed by atoms with E-state index in [1.165, 1.54) is 18.9 Å². The van der Waals surface area contributed by atoms with Crippen molar-refractivity contribution in [3.05, 3.63) is 24.4 Å². The van der Waals surface area contributed by atoms with Crippen LogP contribution in [0.4, 0.5) is 0 Å². The second kappa shape index (κ2) is 5.01. The van der Waals surface area contributed by atoms with Gasteiger partial charge in [0.1, 0.15) is 0 Å². The number of phenolic OH excluding ortho intramolecular Hbond substituents is 1. The van der Waals surface area contributed by atoms with Crippen LogP contribution in [0.25, 0.3) is 11.3 Å². The summed E-state index contributed by atoms with van der Waals surface area (Å²) in [6, 6.07) is 5.03. The van der Waals surface area contributed by atoms with Gasteiger partial charge in [0.2, 0.25) is 5.16 Å². The highest BCUT2D eigenvalue weighted by Crippen LogP contribution is 2.30. The van der Waals surface area contributed by atoms with E-state index in [4.69, 9.17) is 4.74 Å². The Morgan fingerprint density at radius 1 is 1.35 bits per heavy atom. The lowest BCUT2D eigenvalue weighted by atomic mass is 10.1. The Hall–Kier alpha value is -1.82. The van der Waals surface area contributed by atoms with Gasteiger partial charge in [0.15, 0.2) is 11.5 Å². The molecule has 1 N–H and O–H groups in total. The van der Waals surface area contributed by atoms with Crippen molar-refractivity contribution in [2.45, 2.75) is 5.16 Å². The predicted octanol–water partition coefficient (Wildman–Crippen LogP) is 1.97. The molecule has 0 radical (unpaired) electrons. The molecule has 0 unspecified atom stereocenters. The molecular formula is C11H11N3O2S. The maximum Gasteiger partial charge on any atom is 0.209 e. The van der Waals surface area contributed by atoms with E-state index in [0.29, 0.717) is 16.6 Å². The minimum Gasteiger partial charge on any atom is -0.504 e. The first kappa shape index (κ1) is 11.7. The van der Waals surface area contributed by atoms with Gasteiger partial charge in [0.05, 0.1) is 19.0 Å². The van der Waals surface area contributed by atoms with Crippen LogP contribution in [0.3, 0.4) is 0 Å². The molecule has 0 amide bonds. The number of phenols is 1. The molecule has 1 aromatic carbocycles. The van der Waals surface area contributed by atoms with Crippen LogP contribution in [0, 0.1) is 0 Å². The average Bonchev–Trinajstić information content (AvgIpc) is 2.39. The lowest BCUT2D eigenvalue weighted by molar-refractivity contribution is 0.373. The summed E-state index contributed by atoms with van der Waals surface area (Å²) >= 11 is 1.43. The van der Waals surface area contributed by atoms with Crippen LogP contribution in [0.5, 0.6) is 11.5 Å². The zero-order valence-electron chi connectivity index (χ0n) is 9.41. The zero-order chi connectivity index (χ0) is 12.3. The molecule has 5 nitrogen and oxygen atoms in total. The molecule has 0 saturated carbocycles. The average molecular weight is 249 g/mol. The number of aromatic nitrogens is 3. The summed E-state index contributed by atoms with van der Waals surface area (Å²) in [6.45, 7) is 0. The highest BCUT2D eigenvalue weighted by atomic mass is 32.2. The van der Waals surface area contributed by atoms with Gasteiger partial charge >= 0.3 is 0 Å². The summed E-state index contributed by atoms with van der Waals surface area (Å²) in [6.07, 6.45) is 3.46. The van der Waals surface area contributed by atoms with Gasteiger partial charge in [-0.3, -0.25) is 0 Å². The van der Waals surface area contributed by atoms with Gasteiger partial charge < -0.3 is 9.84 Å². The summed E-state index contributed by atoms with van der Waals surface area (Å²) in [5, 5.41) is 17.8. The number of nitrogens with zero attached hydrogens (tertiary/aromatic N) is 3. The largest absolute Gasteiger partial charge is 0.504 e. The number of thioether (sulfide) groups is 1. The molecule has 6 heteroatoms. The lowest BCUT2D eigenvalue weighted by Crippen LogP contribution is -1.93. The Bertz CT molecular complexity index is 534. The van der Waals surface area contributed by atoms with E-state index in [1.807, 2.05) is 6.26 Å². The third kappa shape index (κ3) is 2.47. The van der Waals surface area contributed by atoms with Crippen LogP contribution in [0.15, 0.2) is 29.6 Å². The molecular weight excluding hydrogens is 238 g/mol. The number of hydrogen-bond donors (Lipinski definition) is 1. The highest BCUT2D eigenvalue weighted by Gasteiger charge is 2.07. The Kier molecular flexibility index (Phi) is 3.43. The van der Waals surface area contributed by atoms with Gasteiger partial charge in [-0.2, -0.15) is 5.10 Å². The highest BCUT2D eigenvalue weighted by molar-refractivity contribution is 7.98. The fourth-order valence-corrected chi connectivity index (χ4v) is 1.67. The van der Waals surface area contributed by atoms with Crippen molar-refractivity contribution in [3.8, 4) is 22.8 Å². The van der Waals surface area contributed by atoms with Crippen molar-refractivity contribution >= 4 is 11.8 Å². The molecule has 0 aliphatic carbocycles. The fourth-order valence-electron chi connectivity index (χ4n) is 1.35. The van der Waals surface area contributed by atoms with E-state index < -0.39 is 0 Å². The topological polar surface area (TPSA) is 68.1 Å². The third-order valence-corrected chi connectivity index (χ3v) is 2.74. The molecule has 88 valence electrons. The third-order valence-electron chi connectivity index (χ3n) is 2.20. The Labute approximate surface area is 103 Å². The van der Waals surface area contributed by atoms with Crippen molar-refractivity contribution in [2.75, 3.05) is 13.4 Å². The summed E-state index contributed by atoms with van der Waals surface area (Å²) in [5.74, 6) is 0.509. The standard InChI is InChI=1S/C11H11N3O2S/c1-16-10-5-7(3-4-9(10)15)8-6-12-14-11(13-8)17-2/h3-6,15H,1-2H3. The van der Waals surface area contributed by atoms with E-state index in [-0.39, 0.29) is 5.75 Å². The summed E-state index contributed by atoms with van der Waals surface area (Å²) < 4.78 is 5.04. The van der Waals surface area contributed by atoms with E-state index in [1.54, 1.807) is 24.4 Å². The van der Waals surface area contributed by atoms with Crippen LogP contribution < -0.4 is 4.74 Å². The van der Waals surface area contributed by atoms with Crippen molar-refractivity contribution in [1.29, 1.82) is 0 Å². The van der Waals surface area contributed by atoms with E-state index >= 15 is 0 Å². The Morgan fingerprint density at radius 3 is 2.88 bits per heavy atom. The minimum absolute atomic E-state index is 0.100. The van der Waals surface area contributed by atoms with E-state index in [0.717, 1.165) is 5.56 Å². The maximum atomic E-state index is 9.51. The molecule has 0 spiro atoms. The number of methoxy groups -OCH3 is 1. The smallest absolute Gasteiger partial charge is 0.209 e. The van der Waals surface area contributed by atoms with Crippen LogP contribution in [0.2, 0.25) is 0 Å².